The van der Waals surface area contributed by atoms with Gasteiger partial charge in [-0.25, -0.2) is 0 Å². The van der Waals surface area contributed by atoms with Crippen LogP contribution in [0.4, 0.5) is 0 Å². The van der Waals surface area contributed by atoms with E-state index in [1.807, 2.05) is 11.8 Å². The maximum absolute atomic E-state index is 12.6. The van der Waals surface area contributed by atoms with Crippen LogP contribution in [-0.4, -0.2) is 40.7 Å². The summed E-state index contributed by atoms with van der Waals surface area (Å²) in [5.74, 6) is -0.390. The fourth-order valence-electron chi connectivity index (χ4n) is 3.31. The Morgan fingerprint density at radius 3 is 2.46 bits per heavy atom. The lowest BCUT2D eigenvalue weighted by Crippen LogP contribution is -2.28. The topological polar surface area (TPSA) is 120 Å². The Labute approximate surface area is 163 Å². The van der Waals surface area contributed by atoms with Gasteiger partial charge in [0.05, 0.1) is 0 Å². The smallest absolute Gasteiger partial charge is 0.254 e. The SMILES string of the molecule is Cc1cc(C(=O)NCc2cc(C(=N)N)ccc2O)ccc1C(=O)N1CCCC1. The monoisotopic (exact) mass is 380 g/mol. The van der Waals surface area contributed by atoms with Crippen molar-refractivity contribution in [1.29, 1.82) is 5.41 Å². The van der Waals surface area contributed by atoms with Crippen LogP contribution in [0.2, 0.25) is 0 Å². The quantitative estimate of drug-likeness (QED) is 0.469. The Morgan fingerprint density at radius 2 is 1.82 bits per heavy atom. The lowest BCUT2D eigenvalue weighted by Gasteiger charge is -2.17. The summed E-state index contributed by atoms with van der Waals surface area (Å²) in [6.45, 7) is 3.48. The molecule has 3 rings (SSSR count). The number of nitrogens with zero attached hydrogens (tertiary/aromatic N) is 1. The molecule has 7 nitrogen and oxygen atoms in total. The summed E-state index contributed by atoms with van der Waals surface area (Å²) < 4.78 is 0. The number of carbonyl (C=O) groups is 2. The lowest BCUT2D eigenvalue weighted by molar-refractivity contribution is 0.0791. The molecule has 0 bridgehead atoms. The zero-order chi connectivity index (χ0) is 20.3. The van der Waals surface area contributed by atoms with Crippen molar-refractivity contribution in [3.8, 4) is 5.75 Å². The van der Waals surface area contributed by atoms with E-state index >= 15 is 0 Å². The number of nitrogen functional groups attached to an aromatic ring is 1. The van der Waals surface area contributed by atoms with Gasteiger partial charge in [0, 0.05) is 41.9 Å². The number of nitrogens with one attached hydrogen (secondary N) is 2. The fraction of sp³-hybridized carbons (Fsp3) is 0.286. The number of benzene rings is 2. The van der Waals surface area contributed by atoms with Gasteiger partial charge in [0.15, 0.2) is 0 Å². The molecule has 146 valence electrons. The van der Waals surface area contributed by atoms with Crippen LogP contribution in [0.1, 0.15) is 50.2 Å². The molecule has 1 aliphatic heterocycles. The molecule has 5 N–H and O–H groups in total. The summed E-state index contributed by atoms with van der Waals surface area (Å²) in [6.07, 6.45) is 2.06. The number of aromatic hydroxyl groups is 1. The van der Waals surface area contributed by atoms with Crippen molar-refractivity contribution in [3.05, 3.63) is 64.2 Å². The molecule has 2 amide bonds. The minimum Gasteiger partial charge on any atom is -0.508 e. The zero-order valence-corrected chi connectivity index (χ0v) is 15.8. The molecule has 1 heterocycles. The number of rotatable bonds is 5. The van der Waals surface area contributed by atoms with Crippen molar-refractivity contribution in [2.24, 2.45) is 5.73 Å². The van der Waals surface area contributed by atoms with E-state index in [-0.39, 0.29) is 29.9 Å². The van der Waals surface area contributed by atoms with Gasteiger partial charge in [-0.3, -0.25) is 15.0 Å². The molecule has 0 radical (unpaired) electrons. The number of hydrogen-bond donors (Lipinski definition) is 4. The normalized spacial score (nSPS) is 13.4. The molecule has 0 atom stereocenters. The molecule has 2 aromatic carbocycles. The van der Waals surface area contributed by atoms with Gasteiger partial charge in [-0.05, 0) is 61.7 Å². The van der Waals surface area contributed by atoms with Crippen molar-refractivity contribution in [2.45, 2.75) is 26.3 Å². The summed E-state index contributed by atoms with van der Waals surface area (Å²) in [5, 5.41) is 20.2. The minimum absolute atomic E-state index is 0.00734. The van der Waals surface area contributed by atoms with Gasteiger partial charge in [-0.15, -0.1) is 0 Å². The second-order valence-corrected chi connectivity index (χ2v) is 6.97. The highest BCUT2D eigenvalue weighted by atomic mass is 16.3. The minimum atomic E-state index is -0.309. The maximum atomic E-state index is 12.6. The molecule has 0 unspecified atom stereocenters. The van der Waals surface area contributed by atoms with Gasteiger partial charge in [-0.2, -0.15) is 0 Å². The third-order valence-corrected chi connectivity index (χ3v) is 4.94. The Bertz CT molecular complexity index is 933. The van der Waals surface area contributed by atoms with Crippen LogP contribution in [0.25, 0.3) is 0 Å². The predicted octanol–water partition coefficient (Wildman–Crippen LogP) is 2.15. The van der Waals surface area contributed by atoms with Gasteiger partial charge in [0.2, 0.25) is 0 Å². The molecule has 7 heteroatoms. The molecule has 0 aliphatic carbocycles. The lowest BCUT2D eigenvalue weighted by atomic mass is 10.0. The van der Waals surface area contributed by atoms with E-state index in [4.69, 9.17) is 11.1 Å². The summed E-state index contributed by atoms with van der Waals surface area (Å²) >= 11 is 0. The van der Waals surface area contributed by atoms with Gasteiger partial charge in [0.1, 0.15) is 11.6 Å². The van der Waals surface area contributed by atoms with E-state index in [9.17, 15) is 14.7 Å². The highest BCUT2D eigenvalue weighted by Crippen LogP contribution is 2.20. The molecule has 0 saturated carbocycles. The number of phenolic OH excluding ortho intramolecular Hbond substituents is 1. The molecule has 1 fully saturated rings. The Kier molecular flexibility index (Phi) is 5.63. The Balaban J connectivity index is 1.70. The number of phenols is 1. The molecular weight excluding hydrogens is 356 g/mol. The summed E-state index contributed by atoms with van der Waals surface area (Å²) in [5.41, 5.74) is 8.22. The van der Waals surface area contributed by atoms with Gasteiger partial charge in [-0.1, -0.05) is 0 Å². The average molecular weight is 380 g/mol. The molecule has 2 aromatic rings. The number of amidine groups is 1. The van der Waals surface area contributed by atoms with Crippen LogP contribution in [-0.2, 0) is 6.54 Å². The number of nitrogens with two attached hydrogens (primary N) is 1. The van der Waals surface area contributed by atoms with Gasteiger partial charge in [0.25, 0.3) is 11.8 Å². The number of carbonyl (C=O) groups excluding carboxylic acids is 2. The largest absolute Gasteiger partial charge is 0.508 e. The van der Waals surface area contributed by atoms with E-state index in [2.05, 4.69) is 5.32 Å². The number of likely N-dealkylation sites (tertiary alicyclic amines) is 1. The number of aryl methyl sites for hydroxylation is 1. The van der Waals surface area contributed by atoms with Gasteiger partial charge < -0.3 is 21.1 Å². The van der Waals surface area contributed by atoms with E-state index in [1.165, 1.54) is 6.07 Å². The van der Waals surface area contributed by atoms with Crippen molar-refractivity contribution in [2.75, 3.05) is 13.1 Å². The second-order valence-electron chi connectivity index (χ2n) is 6.97. The summed E-state index contributed by atoms with van der Waals surface area (Å²) in [4.78, 5) is 26.9. The van der Waals surface area contributed by atoms with Crippen molar-refractivity contribution < 1.29 is 14.7 Å². The first kappa shape index (κ1) is 19.4. The van der Waals surface area contributed by atoms with Crippen molar-refractivity contribution >= 4 is 17.6 Å². The van der Waals surface area contributed by atoms with Gasteiger partial charge >= 0.3 is 0 Å². The third kappa shape index (κ3) is 4.14. The Morgan fingerprint density at radius 1 is 1.14 bits per heavy atom. The Hall–Kier alpha value is -3.35. The fourth-order valence-corrected chi connectivity index (χ4v) is 3.31. The first-order valence-electron chi connectivity index (χ1n) is 9.21. The highest BCUT2D eigenvalue weighted by molar-refractivity contribution is 5.99. The zero-order valence-electron chi connectivity index (χ0n) is 15.8. The summed E-state index contributed by atoms with van der Waals surface area (Å²) in [6, 6.07) is 9.59. The molecule has 1 saturated heterocycles. The average Bonchev–Trinajstić information content (AvgIpc) is 3.21. The van der Waals surface area contributed by atoms with Crippen LogP contribution >= 0.6 is 0 Å². The van der Waals surface area contributed by atoms with Crippen molar-refractivity contribution in [3.63, 3.8) is 0 Å². The predicted molar refractivity (Wildman–Crippen MR) is 107 cm³/mol. The van der Waals surface area contributed by atoms with Crippen LogP contribution in [0, 0.1) is 12.3 Å². The molecule has 0 spiro atoms. The van der Waals surface area contributed by atoms with E-state index in [0.29, 0.717) is 22.3 Å². The first-order chi connectivity index (χ1) is 13.4. The highest BCUT2D eigenvalue weighted by Gasteiger charge is 2.21. The molecule has 0 aromatic heterocycles. The third-order valence-electron chi connectivity index (χ3n) is 4.94. The van der Waals surface area contributed by atoms with E-state index in [1.54, 1.807) is 30.3 Å². The summed E-state index contributed by atoms with van der Waals surface area (Å²) in [7, 11) is 0. The maximum Gasteiger partial charge on any atom is 0.254 e. The van der Waals surface area contributed by atoms with Crippen LogP contribution < -0.4 is 11.1 Å². The van der Waals surface area contributed by atoms with Crippen molar-refractivity contribution in [1.82, 2.24) is 10.2 Å². The molecular formula is C21H24N4O3. The second kappa shape index (κ2) is 8.12. The molecule has 28 heavy (non-hydrogen) atoms. The van der Waals surface area contributed by atoms with Crippen LogP contribution in [0.15, 0.2) is 36.4 Å². The van der Waals surface area contributed by atoms with E-state index < -0.39 is 0 Å². The van der Waals surface area contributed by atoms with Crippen LogP contribution in [0.5, 0.6) is 5.75 Å². The standard InChI is InChI=1S/C21H24N4O3/c1-13-10-15(4-6-17(13)21(28)25-8-2-3-9-25)20(27)24-12-16-11-14(19(22)23)5-7-18(16)26/h4-7,10-11,26H,2-3,8-9,12H2,1H3,(H3,22,23)(H,24,27). The van der Waals surface area contributed by atoms with E-state index in [0.717, 1.165) is 31.5 Å². The number of hydrogen-bond acceptors (Lipinski definition) is 4. The molecule has 1 aliphatic rings. The number of amides is 2. The first-order valence-corrected chi connectivity index (χ1v) is 9.21. The van der Waals surface area contributed by atoms with Crippen LogP contribution in [0.3, 0.4) is 0 Å².